The molecule has 0 saturated heterocycles. The number of non-ortho nitro benzene ring substituents is 2. The molecule has 12 aromatic rings. The number of sulfonamides is 2. The standard InChI is InChI=1S/2C19H12N3O4S.C7H6BO3.C7H5O.2C5H5N.C2H4O2.CH2O3.2K.2Pd.H/c2*23-22(24)15-8-10-16(11-9-15)27(25,26)21-17-5-1-3-13-6-7-14-4-2-12-20-19(14)18(13)17;9-5-6-1-3-7(4-2-6)11-8-10;8-6-7-4-2-1-3-5-7;2*1-2-4-6-5-3-1;1-2(3)4;2-1-4-3;;;;;/h2*1-12H;1-5,10H;2-6H;2*1-5H;1H3,(H,3,4);1,3H;;;;;/q2*-1;;-1;;;;;2*+1;;+2;-1/p-1. The van der Waals surface area contributed by atoms with Crippen molar-refractivity contribution in [3.63, 3.8) is 0 Å². The molecule has 4 heterocycles. The van der Waals surface area contributed by atoms with Gasteiger partial charge in [-0.05, 0) is 106 Å². The maximum atomic E-state index is 12.7. The van der Waals surface area contributed by atoms with E-state index < -0.39 is 35.9 Å². The summed E-state index contributed by atoms with van der Waals surface area (Å²) < 4.78 is 63.4. The number of nitro groups is 2. The number of nitrogens with zero attached hydrogens (tertiary/aromatic N) is 8. The second-order valence-corrected chi connectivity index (χ2v) is 21.0. The van der Waals surface area contributed by atoms with Crippen molar-refractivity contribution in [3.05, 3.63) is 302 Å². The fraction of sp³-hybridized carbons (Fsp3) is 0.0154. The van der Waals surface area contributed by atoms with Gasteiger partial charge in [-0.15, -0.1) is 11.4 Å². The number of pyridine rings is 4. The summed E-state index contributed by atoms with van der Waals surface area (Å²) in [6.07, 6.45) is 11.8. The van der Waals surface area contributed by atoms with Gasteiger partial charge >= 0.3 is 131 Å². The Balaban J connectivity index is 0.00000122. The predicted molar refractivity (Wildman–Crippen MR) is 346 cm³/mol. The summed E-state index contributed by atoms with van der Waals surface area (Å²) in [5.74, 6) is -0.335. The molecule has 0 aliphatic carbocycles. The molecule has 0 amide bonds. The molecule has 0 aliphatic rings. The zero-order valence-corrected chi connectivity index (χ0v) is 62.1. The Kier molecular flexibility index (Phi) is 42.6. The molecule has 97 heavy (non-hydrogen) atoms. The molecule has 25 nitrogen and oxygen atoms in total. The van der Waals surface area contributed by atoms with Crippen LogP contribution in [0.4, 0.5) is 22.7 Å². The molecule has 0 atom stereocenters. The summed E-state index contributed by atoms with van der Waals surface area (Å²) in [4.78, 5) is 76.8. The van der Waals surface area contributed by atoms with Crippen molar-refractivity contribution in [1.29, 1.82) is 0 Å². The van der Waals surface area contributed by atoms with Crippen molar-refractivity contribution >= 4 is 119 Å². The summed E-state index contributed by atoms with van der Waals surface area (Å²) in [6.45, 7) is 0.903. The van der Waals surface area contributed by atoms with Gasteiger partial charge in [0.25, 0.3) is 23.8 Å². The van der Waals surface area contributed by atoms with Crippen molar-refractivity contribution in [2.24, 2.45) is 0 Å². The van der Waals surface area contributed by atoms with E-state index in [2.05, 4.69) is 45.0 Å². The van der Waals surface area contributed by atoms with Crippen LogP contribution in [0.5, 0.6) is 5.75 Å². The number of hydrogen-bond donors (Lipinski definition) is 2. The minimum atomic E-state index is -4.04. The molecule has 8 aromatic carbocycles. The third-order valence-corrected chi connectivity index (χ3v) is 14.2. The quantitative estimate of drug-likeness (QED) is 0.0258. The van der Waals surface area contributed by atoms with E-state index >= 15 is 0 Å². The topological polar surface area (TPSA) is 385 Å². The van der Waals surface area contributed by atoms with Gasteiger partial charge in [0.15, 0.2) is 0 Å². The van der Waals surface area contributed by atoms with E-state index in [1.807, 2.05) is 97.1 Å². The first-order valence-electron chi connectivity index (χ1n) is 26.5. The van der Waals surface area contributed by atoms with E-state index in [1.54, 1.807) is 110 Å². The van der Waals surface area contributed by atoms with Crippen LogP contribution in [0.25, 0.3) is 52.8 Å². The summed E-state index contributed by atoms with van der Waals surface area (Å²) in [6, 6.07) is 62.2. The van der Waals surface area contributed by atoms with E-state index in [0.29, 0.717) is 46.4 Å². The molecule has 1 radical (unpaired) electrons. The van der Waals surface area contributed by atoms with E-state index in [9.17, 15) is 46.7 Å². The van der Waals surface area contributed by atoms with E-state index in [4.69, 9.17) is 25.0 Å². The third kappa shape index (κ3) is 29.9. The van der Waals surface area contributed by atoms with Crippen LogP contribution in [-0.4, -0.2) is 89.4 Å². The molecular weight excluding hydrogens is 1530 g/mol. The summed E-state index contributed by atoms with van der Waals surface area (Å²) in [5.41, 5.74) is 2.77. The van der Waals surface area contributed by atoms with Gasteiger partial charge in [-0.3, -0.25) is 54.5 Å². The number of carboxylic acids is 1. The number of carbonyl (C=O) groups is 4. The molecule has 0 spiro atoms. The Morgan fingerprint density at radius 2 is 0.887 bits per heavy atom. The third-order valence-electron chi connectivity index (χ3n) is 11.6. The van der Waals surface area contributed by atoms with Crippen molar-refractivity contribution < 1.29 is 216 Å². The van der Waals surface area contributed by atoms with Crippen LogP contribution in [0, 0.1) is 26.3 Å². The number of benzene rings is 8. The zero-order valence-electron chi connectivity index (χ0n) is 52.1. The summed E-state index contributed by atoms with van der Waals surface area (Å²) in [7, 11) is -7.49. The Bertz CT molecular complexity index is 4340. The van der Waals surface area contributed by atoms with Gasteiger partial charge < -0.3 is 40.6 Å². The van der Waals surface area contributed by atoms with Crippen LogP contribution < -0.4 is 113 Å². The molecule has 12 rings (SSSR count). The van der Waals surface area contributed by atoms with Crippen LogP contribution in [0.15, 0.2) is 265 Å². The van der Waals surface area contributed by atoms with Gasteiger partial charge in [0.2, 0.25) is 0 Å². The van der Waals surface area contributed by atoms with Crippen molar-refractivity contribution in [2.45, 2.75) is 16.7 Å². The van der Waals surface area contributed by atoms with Gasteiger partial charge in [-0.1, -0.05) is 90.5 Å². The molecule has 0 unspecified atom stereocenters. The molecule has 0 bridgehead atoms. The van der Waals surface area contributed by atoms with Crippen LogP contribution in [0.3, 0.4) is 0 Å². The monoisotopic (exact) mass is 1580 g/mol. The van der Waals surface area contributed by atoms with Crippen molar-refractivity contribution in [3.8, 4) is 5.75 Å². The number of fused-ring (bicyclic) bond motifs is 6. The molecule has 2 N–H and O–H groups in total. The van der Waals surface area contributed by atoms with Gasteiger partial charge in [0.05, 0.1) is 30.7 Å². The first kappa shape index (κ1) is 87.4. The average Bonchev–Trinajstić information content (AvgIpc) is 0.777. The van der Waals surface area contributed by atoms with E-state index in [0.717, 1.165) is 65.3 Å². The molecule has 4 aromatic heterocycles. The van der Waals surface area contributed by atoms with Crippen LogP contribution in [-0.2, 0) is 75.4 Å². The molecule has 0 fully saturated rings. The number of aliphatic carboxylic acids is 1. The van der Waals surface area contributed by atoms with Crippen molar-refractivity contribution in [1.82, 2.24) is 19.9 Å². The Labute approximate surface area is 670 Å². The zero-order chi connectivity index (χ0) is 67.4. The fourth-order valence-electron chi connectivity index (χ4n) is 7.58. The van der Waals surface area contributed by atoms with Gasteiger partial charge in [-0.2, -0.15) is 30.3 Å². The maximum Gasteiger partial charge on any atom is 2.00 e. The minimum absolute atomic E-state index is 0. The number of carbonyl (C=O) groups excluding carboxylic acids is 3. The number of rotatable bonds is 13. The number of carboxylic acid groups (broad SMARTS) is 1. The summed E-state index contributed by atoms with van der Waals surface area (Å²) in [5, 5.41) is 50.2. The summed E-state index contributed by atoms with van der Waals surface area (Å²) >= 11 is 0. The van der Waals surface area contributed by atoms with Crippen LogP contribution in [0.1, 0.15) is 29.1 Å². The second kappa shape index (κ2) is 47.3. The second-order valence-electron chi connectivity index (χ2n) is 17.8. The molecule has 491 valence electrons. The number of nitro benzene ring substituents is 2. The van der Waals surface area contributed by atoms with E-state index in [1.165, 1.54) is 24.3 Å². The number of aromatic nitrogens is 4. The Hall–Kier alpha value is -7.64. The number of hydrogen-bond acceptors (Lipinski definition) is 20. The largest absolute Gasteiger partial charge is 2.00 e. The van der Waals surface area contributed by atoms with Gasteiger partial charge in [0, 0.05) is 105 Å². The first-order chi connectivity index (χ1) is 44.9. The number of aldehydes is 2. The molecule has 0 aliphatic heterocycles. The van der Waals surface area contributed by atoms with Gasteiger partial charge in [0.1, 0.15) is 38.4 Å². The van der Waals surface area contributed by atoms with Gasteiger partial charge in [-0.25, -0.2) is 16.8 Å². The SMILES string of the molecule is CC(=O)O.O=CO[O-].O=Cc1cc[c-]cc1.O=Cc1ccc(O[B]O)cc1.O=[N+]([O-])c1ccc(S(=O)(=O)[N-]c2cccc3ccc4cccnc4c23)cc1.O=[N+]([O-])c1ccc(S(=O)(=O)[N-]c2cccc3ccc4cccnc4c23)cc1.[H-].[K+].[K+].[Pd+2].[Pd].c1ccncc1.c1ccncc1. The normalized spacial score (nSPS) is 9.60. The predicted octanol–water partition coefficient (Wildman–Crippen LogP) is 5.89. The van der Waals surface area contributed by atoms with Crippen LogP contribution in [0.2, 0.25) is 0 Å². The molecular formula is C65H51BK2N8O17Pd2S2-. The maximum absolute atomic E-state index is 12.7. The Morgan fingerprint density at radius 3 is 1.19 bits per heavy atom. The average molecular weight is 1580 g/mol. The van der Waals surface area contributed by atoms with E-state index in [-0.39, 0.29) is 184 Å². The molecule has 0 saturated carbocycles. The van der Waals surface area contributed by atoms with Crippen molar-refractivity contribution in [2.75, 3.05) is 0 Å². The fourth-order valence-corrected chi connectivity index (χ4v) is 9.57. The smallest absolute Gasteiger partial charge is 1.00 e. The Morgan fingerprint density at radius 1 is 0.536 bits per heavy atom. The minimum Gasteiger partial charge on any atom is -1.00 e. The van der Waals surface area contributed by atoms with Crippen LogP contribution >= 0.6 is 0 Å². The molecule has 32 heteroatoms. The first-order valence-corrected chi connectivity index (χ1v) is 29.4.